The van der Waals surface area contributed by atoms with Crippen LogP contribution < -0.4 is 14.8 Å². The van der Waals surface area contributed by atoms with Gasteiger partial charge in [0, 0.05) is 10.2 Å². The average molecular weight is 439 g/mol. The van der Waals surface area contributed by atoms with E-state index in [1.54, 1.807) is 18.2 Å². The Morgan fingerprint density at radius 2 is 1.88 bits per heavy atom. The van der Waals surface area contributed by atoms with Crippen molar-refractivity contribution < 1.29 is 17.9 Å². The molecule has 26 heavy (non-hydrogen) atoms. The maximum Gasteiger partial charge on any atom is 0.265 e. The Labute approximate surface area is 161 Å². The number of amides is 1. The van der Waals surface area contributed by atoms with Gasteiger partial charge in [0.1, 0.15) is 11.5 Å². The molecule has 0 fully saturated rings. The topological polar surface area (TPSA) is 84.5 Å². The number of nitrogens with one attached hydrogen (secondary N) is 2. The number of halogens is 1. The lowest BCUT2D eigenvalue weighted by Crippen LogP contribution is -2.24. The average Bonchev–Trinajstić information content (AvgIpc) is 2.76. The maximum absolute atomic E-state index is 12.9. The number of benzene rings is 2. The quantitative estimate of drug-likeness (QED) is 0.764. The second-order valence-electron chi connectivity index (χ2n) is 6.27. The Bertz CT molecular complexity index is 940. The van der Waals surface area contributed by atoms with E-state index in [1.807, 2.05) is 12.1 Å². The summed E-state index contributed by atoms with van der Waals surface area (Å²) < 4.78 is 34.4. The minimum atomic E-state index is -3.94. The number of rotatable bonds is 4. The first-order chi connectivity index (χ1) is 12.3. The van der Waals surface area contributed by atoms with Crippen molar-refractivity contribution in [3.63, 3.8) is 0 Å². The third-order valence-corrected chi connectivity index (χ3v) is 5.86. The van der Waals surface area contributed by atoms with Gasteiger partial charge in [0.2, 0.25) is 0 Å². The third-order valence-electron chi connectivity index (χ3n) is 4.02. The molecule has 1 aliphatic heterocycles. The molecule has 0 saturated carbocycles. The molecule has 0 unspecified atom stereocenters. The Morgan fingerprint density at radius 1 is 1.19 bits per heavy atom. The van der Waals surface area contributed by atoms with E-state index >= 15 is 0 Å². The first kappa shape index (κ1) is 18.7. The lowest BCUT2D eigenvalue weighted by Gasteiger charge is -2.15. The Balaban J connectivity index is 2.00. The van der Waals surface area contributed by atoms with Gasteiger partial charge in [-0.2, -0.15) is 0 Å². The van der Waals surface area contributed by atoms with Crippen molar-refractivity contribution in [1.29, 1.82) is 0 Å². The summed E-state index contributed by atoms with van der Waals surface area (Å²) in [5.74, 6) is 0.0551. The molecule has 3 rings (SSSR count). The van der Waals surface area contributed by atoms with E-state index in [0.717, 1.165) is 5.56 Å². The number of carbonyl (C=O) groups is 1. The van der Waals surface area contributed by atoms with Crippen molar-refractivity contribution in [2.45, 2.75) is 24.7 Å². The van der Waals surface area contributed by atoms with E-state index in [9.17, 15) is 13.2 Å². The molecule has 8 heteroatoms. The predicted molar refractivity (Wildman–Crippen MR) is 103 cm³/mol. The summed E-state index contributed by atoms with van der Waals surface area (Å²) in [6.45, 7) is 4.65. The van der Waals surface area contributed by atoms with E-state index in [-0.39, 0.29) is 28.7 Å². The number of anilines is 1. The molecule has 0 atom stereocenters. The van der Waals surface area contributed by atoms with E-state index in [2.05, 4.69) is 39.8 Å². The minimum Gasteiger partial charge on any atom is -0.489 e. The van der Waals surface area contributed by atoms with Crippen LogP contribution in [-0.4, -0.2) is 27.5 Å². The molecule has 2 N–H and O–H groups in total. The van der Waals surface area contributed by atoms with Gasteiger partial charge in [-0.15, -0.1) is 0 Å². The lowest BCUT2D eigenvalue weighted by molar-refractivity contribution is 0.0957. The van der Waals surface area contributed by atoms with E-state index in [1.165, 1.54) is 6.07 Å². The van der Waals surface area contributed by atoms with Gasteiger partial charge in [-0.05, 0) is 35.7 Å². The zero-order valence-corrected chi connectivity index (χ0v) is 16.8. The standard InChI is InChI=1S/C18H19BrN2O4S/c1-11(2)12-3-5-14(6-4-12)21-26(23,24)16-10-13(19)9-15-17(16)25-8-7-20-18(15)22/h3-6,9-11,21H,7-8H2,1-2H3,(H,20,22). The van der Waals surface area contributed by atoms with Crippen LogP contribution in [0.25, 0.3) is 0 Å². The normalized spacial score (nSPS) is 14.2. The summed E-state index contributed by atoms with van der Waals surface area (Å²) in [6.07, 6.45) is 0. The second-order valence-corrected chi connectivity index (χ2v) is 8.83. The van der Waals surface area contributed by atoms with Gasteiger partial charge in [0.15, 0.2) is 5.75 Å². The molecule has 138 valence electrons. The van der Waals surface area contributed by atoms with Gasteiger partial charge in [0.25, 0.3) is 15.9 Å². The van der Waals surface area contributed by atoms with Crippen LogP contribution in [0.1, 0.15) is 35.7 Å². The molecular formula is C18H19BrN2O4S. The van der Waals surface area contributed by atoms with Crippen molar-refractivity contribution in [3.8, 4) is 5.75 Å². The molecule has 0 bridgehead atoms. The zero-order valence-electron chi connectivity index (χ0n) is 14.4. The molecule has 0 aromatic heterocycles. The summed E-state index contributed by atoms with van der Waals surface area (Å²) in [4.78, 5) is 12.1. The van der Waals surface area contributed by atoms with Crippen LogP contribution >= 0.6 is 15.9 Å². The molecule has 1 aliphatic rings. The van der Waals surface area contributed by atoms with Crippen molar-refractivity contribution in [1.82, 2.24) is 5.32 Å². The number of fused-ring (bicyclic) bond motifs is 1. The number of sulfonamides is 1. The molecule has 2 aromatic rings. The fraction of sp³-hybridized carbons (Fsp3) is 0.278. The minimum absolute atomic E-state index is 0.0644. The van der Waals surface area contributed by atoms with E-state index < -0.39 is 10.0 Å². The van der Waals surface area contributed by atoms with Crippen molar-refractivity contribution in [2.75, 3.05) is 17.9 Å². The van der Waals surface area contributed by atoms with Gasteiger partial charge in [-0.25, -0.2) is 8.42 Å². The second kappa shape index (κ2) is 7.28. The molecule has 0 aliphatic carbocycles. The lowest BCUT2D eigenvalue weighted by atomic mass is 10.0. The van der Waals surface area contributed by atoms with Crippen LogP contribution in [-0.2, 0) is 10.0 Å². The van der Waals surface area contributed by atoms with Gasteiger partial charge in [-0.1, -0.05) is 41.9 Å². The SMILES string of the molecule is CC(C)c1ccc(NS(=O)(=O)c2cc(Br)cc3c2OCCNC3=O)cc1. The summed E-state index contributed by atoms with van der Waals surface area (Å²) in [5.41, 5.74) is 1.75. The maximum atomic E-state index is 12.9. The highest BCUT2D eigenvalue weighted by atomic mass is 79.9. The first-order valence-corrected chi connectivity index (χ1v) is 10.4. The van der Waals surface area contributed by atoms with E-state index in [4.69, 9.17) is 4.74 Å². The molecule has 1 amide bonds. The summed E-state index contributed by atoms with van der Waals surface area (Å²) in [5, 5.41) is 2.67. The first-order valence-electron chi connectivity index (χ1n) is 8.15. The molecule has 2 aromatic carbocycles. The smallest absolute Gasteiger partial charge is 0.265 e. The largest absolute Gasteiger partial charge is 0.489 e. The van der Waals surface area contributed by atoms with E-state index in [0.29, 0.717) is 22.6 Å². The van der Waals surface area contributed by atoms with Crippen LogP contribution in [0, 0.1) is 0 Å². The molecular weight excluding hydrogens is 420 g/mol. The molecule has 1 heterocycles. The Morgan fingerprint density at radius 3 is 2.54 bits per heavy atom. The fourth-order valence-corrected chi connectivity index (χ4v) is 4.51. The van der Waals surface area contributed by atoms with Crippen molar-refractivity contribution in [2.24, 2.45) is 0 Å². The summed E-state index contributed by atoms with van der Waals surface area (Å²) in [6, 6.07) is 10.2. The van der Waals surface area contributed by atoms with Crippen LogP contribution in [0.4, 0.5) is 5.69 Å². The van der Waals surface area contributed by atoms with Crippen LogP contribution in [0.5, 0.6) is 5.75 Å². The number of carbonyl (C=O) groups excluding carboxylic acids is 1. The Kier molecular flexibility index (Phi) is 5.24. The highest BCUT2D eigenvalue weighted by Crippen LogP contribution is 2.34. The highest BCUT2D eigenvalue weighted by molar-refractivity contribution is 9.10. The van der Waals surface area contributed by atoms with Crippen molar-refractivity contribution in [3.05, 3.63) is 52.0 Å². The fourth-order valence-electron chi connectivity index (χ4n) is 2.64. The number of hydrogen-bond donors (Lipinski definition) is 2. The predicted octanol–water partition coefficient (Wildman–Crippen LogP) is 3.50. The van der Waals surface area contributed by atoms with Gasteiger partial charge >= 0.3 is 0 Å². The van der Waals surface area contributed by atoms with Gasteiger partial charge in [0.05, 0.1) is 12.1 Å². The van der Waals surface area contributed by atoms with Gasteiger partial charge in [-0.3, -0.25) is 9.52 Å². The molecule has 0 saturated heterocycles. The number of ether oxygens (including phenoxy) is 1. The van der Waals surface area contributed by atoms with Gasteiger partial charge < -0.3 is 10.1 Å². The van der Waals surface area contributed by atoms with Crippen LogP contribution in [0.2, 0.25) is 0 Å². The zero-order chi connectivity index (χ0) is 18.9. The summed E-state index contributed by atoms with van der Waals surface area (Å²) in [7, 11) is -3.94. The van der Waals surface area contributed by atoms with Crippen molar-refractivity contribution >= 4 is 37.5 Å². The van der Waals surface area contributed by atoms with Crippen LogP contribution in [0.3, 0.4) is 0 Å². The Hall–Kier alpha value is -2.06. The molecule has 0 radical (unpaired) electrons. The molecule has 0 spiro atoms. The highest BCUT2D eigenvalue weighted by Gasteiger charge is 2.28. The third kappa shape index (κ3) is 3.86. The van der Waals surface area contributed by atoms with Crippen LogP contribution in [0.15, 0.2) is 45.8 Å². The molecule has 6 nitrogen and oxygen atoms in total. The monoisotopic (exact) mass is 438 g/mol. The summed E-state index contributed by atoms with van der Waals surface area (Å²) >= 11 is 3.27. The number of hydrogen-bond acceptors (Lipinski definition) is 4.